The molecular formula is C37H36O4. The van der Waals surface area contributed by atoms with Gasteiger partial charge in [-0.3, -0.25) is 0 Å². The normalized spacial score (nSPS) is 11.8. The Bertz CT molecular complexity index is 1450. The summed E-state index contributed by atoms with van der Waals surface area (Å²) in [5.74, 6) is 1.93. The molecule has 5 aromatic rings. The van der Waals surface area contributed by atoms with Crippen molar-refractivity contribution in [3.8, 4) is 23.0 Å². The molecule has 0 unspecified atom stereocenters. The summed E-state index contributed by atoms with van der Waals surface area (Å²) in [6.45, 7) is 8.66. The van der Waals surface area contributed by atoms with Crippen LogP contribution in [-0.2, 0) is 10.8 Å². The lowest BCUT2D eigenvalue weighted by Crippen LogP contribution is -2.19. The third kappa shape index (κ3) is 6.22. The summed E-state index contributed by atoms with van der Waals surface area (Å²) in [4.78, 5) is 0. The zero-order valence-corrected chi connectivity index (χ0v) is 23.9. The third-order valence-electron chi connectivity index (χ3n) is 7.89. The highest BCUT2D eigenvalue weighted by Gasteiger charge is 2.25. The van der Waals surface area contributed by atoms with Gasteiger partial charge < -0.3 is 19.7 Å². The zero-order valence-electron chi connectivity index (χ0n) is 23.9. The maximum absolute atomic E-state index is 9.68. The minimum absolute atomic E-state index is 0.239. The summed E-state index contributed by atoms with van der Waals surface area (Å²) in [6.07, 6.45) is -0.636. The Balaban J connectivity index is 1.35. The fourth-order valence-electron chi connectivity index (χ4n) is 5.01. The van der Waals surface area contributed by atoms with Crippen molar-refractivity contribution in [1.82, 2.24) is 0 Å². The molecule has 0 atom stereocenters. The van der Waals surface area contributed by atoms with E-state index in [2.05, 4.69) is 52.0 Å². The molecule has 4 nitrogen and oxygen atoms in total. The van der Waals surface area contributed by atoms with Crippen LogP contribution in [0.5, 0.6) is 23.0 Å². The maximum atomic E-state index is 9.68. The highest BCUT2D eigenvalue weighted by Crippen LogP contribution is 2.36. The van der Waals surface area contributed by atoms with Crippen LogP contribution in [0.4, 0.5) is 0 Å². The van der Waals surface area contributed by atoms with Crippen LogP contribution in [0, 0.1) is 0 Å². The molecule has 0 amide bonds. The van der Waals surface area contributed by atoms with E-state index in [0.29, 0.717) is 11.5 Å². The first-order valence-electron chi connectivity index (χ1n) is 13.8. The number of ether oxygens (including phenoxy) is 2. The molecule has 0 aliphatic carbocycles. The van der Waals surface area contributed by atoms with Gasteiger partial charge in [-0.2, -0.15) is 0 Å². The van der Waals surface area contributed by atoms with Gasteiger partial charge in [0.05, 0.1) is 0 Å². The predicted molar refractivity (Wildman–Crippen MR) is 164 cm³/mol. The molecule has 0 aromatic heterocycles. The SMILES string of the molecule is CC(C)(c1ccc(O)cc1)c1ccc(OC(Oc2ccc(C(C)(C)c3ccc(O)cc3)cc2)c2ccccc2)cc1. The van der Waals surface area contributed by atoms with Gasteiger partial charge >= 0.3 is 0 Å². The lowest BCUT2D eigenvalue weighted by Gasteiger charge is -2.27. The minimum atomic E-state index is -0.636. The monoisotopic (exact) mass is 544 g/mol. The van der Waals surface area contributed by atoms with Gasteiger partial charge in [-0.05, 0) is 70.8 Å². The Hall–Kier alpha value is -4.70. The van der Waals surface area contributed by atoms with Crippen LogP contribution in [0.25, 0.3) is 0 Å². The molecule has 0 fully saturated rings. The van der Waals surface area contributed by atoms with Crippen LogP contribution in [0.3, 0.4) is 0 Å². The quantitative estimate of drug-likeness (QED) is 0.182. The fourth-order valence-corrected chi connectivity index (χ4v) is 5.01. The number of rotatable bonds is 9. The van der Waals surface area contributed by atoms with Crippen molar-refractivity contribution in [2.75, 3.05) is 0 Å². The van der Waals surface area contributed by atoms with Crippen molar-refractivity contribution < 1.29 is 19.7 Å². The Labute approximate surface area is 242 Å². The van der Waals surface area contributed by atoms with Gasteiger partial charge in [0.25, 0.3) is 6.29 Å². The lowest BCUT2D eigenvalue weighted by atomic mass is 9.78. The molecule has 4 heteroatoms. The van der Waals surface area contributed by atoms with Crippen LogP contribution in [0.2, 0.25) is 0 Å². The average molecular weight is 545 g/mol. The molecule has 0 saturated carbocycles. The molecule has 5 rings (SSSR count). The lowest BCUT2D eigenvalue weighted by molar-refractivity contribution is 0.00378. The van der Waals surface area contributed by atoms with E-state index in [1.807, 2.05) is 78.9 Å². The Kier molecular flexibility index (Phi) is 7.76. The van der Waals surface area contributed by atoms with Crippen LogP contribution in [-0.4, -0.2) is 10.2 Å². The van der Waals surface area contributed by atoms with Gasteiger partial charge in [-0.15, -0.1) is 0 Å². The van der Waals surface area contributed by atoms with Crippen LogP contribution in [0.1, 0.15) is 61.8 Å². The fraction of sp³-hybridized carbons (Fsp3) is 0.189. The summed E-state index contributed by atoms with van der Waals surface area (Å²) in [5.41, 5.74) is 4.95. The van der Waals surface area contributed by atoms with Crippen molar-refractivity contribution in [3.63, 3.8) is 0 Å². The summed E-state index contributed by atoms with van der Waals surface area (Å²) in [7, 11) is 0. The Morgan fingerprint density at radius 3 is 1.10 bits per heavy atom. The highest BCUT2D eigenvalue weighted by atomic mass is 16.7. The van der Waals surface area contributed by atoms with Crippen molar-refractivity contribution in [3.05, 3.63) is 155 Å². The van der Waals surface area contributed by atoms with Crippen molar-refractivity contribution in [2.24, 2.45) is 0 Å². The van der Waals surface area contributed by atoms with Gasteiger partial charge in [0, 0.05) is 16.4 Å². The molecule has 0 aliphatic heterocycles. The number of phenols is 2. The number of hydrogen-bond donors (Lipinski definition) is 2. The first-order chi connectivity index (χ1) is 19.6. The highest BCUT2D eigenvalue weighted by molar-refractivity contribution is 5.43. The first kappa shape index (κ1) is 27.9. The van der Waals surface area contributed by atoms with Gasteiger partial charge in [-0.1, -0.05) is 107 Å². The minimum Gasteiger partial charge on any atom is -0.508 e. The Morgan fingerprint density at radius 1 is 0.439 bits per heavy atom. The maximum Gasteiger partial charge on any atom is 0.267 e. The number of benzene rings is 5. The van der Waals surface area contributed by atoms with E-state index >= 15 is 0 Å². The molecule has 208 valence electrons. The van der Waals surface area contributed by atoms with E-state index in [4.69, 9.17) is 9.47 Å². The van der Waals surface area contributed by atoms with E-state index < -0.39 is 6.29 Å². The predicted octanol–water partition coefficient (Wildman–Crippen LogP) is 8.91. The second-order valence-electron chi connectivity index (χ2n) is 11.4. The van der Waals surface area contributed by atoms with Crippen molar-refractivity contribution >= 4 is 0 Å². The van der Waals surface area contributed by atoms with E-state index in [1.54, 1.807) is 24.3 Å². The van der Waals surface area contributed by atoms with E-state index in [0.717, 1.165) is 27.8 Å². The Morgan fingerprint density at radius 2 is 0.756 bits per heavy atom. The molecule has 0 radical (unpaired) electrons. The molecule has 2 N–H and O–H groups in total. The summed E-state index contributed by atoms with van der Waals surface area (Å²) in [6, 6.07) is 40.8. The number of hydrogen-bond acceptors (Lipinski definition) is 4. The van der Waals surface area contributed by atoms with Crippen LogP contribution < -0.4 is 9.47 Å². The van der Waals surface area contributed by atoms with Crippen molar-refractivity contribution in [2.45, 2.75) is 44.8 Å². The average Bonchev–Trinajstić information content (AvgIpc) is 2.98. The first-order valence-corrected chi connectivity index (χ1v) is 13.8. The molecule has 41 heavy (non-hydrogen) atoms. The largest absolute Gasteiger partial charge is 0.508 e. The van der Waals surface area contributed by atoms with Crippen molar-refractivity contribution in [1.29, 1.82) is 0 Å². The topological polar surface area (TPSA) is 58.9 Å². The van der Waals surface area contributed by atoms with Gasteiger partial charge in [-0.25, -0.2) is 0 Å². The summed E-state index contributed by atoms with van der Waals surface area (Å²) < 4.78 is 12.8. The number of phenolic OH excluding ortho intramolecular Hbond substituents is 2. The molecule has 0 aliphatic rings. The second kappa shape index (κ2) is 11.4. The second-order valence-corrected chi connectivity index (χ2v) is 11.4. The zero-order chi connectivity index (χ0) is 29.0. The molecule has 0 bridgehead atoms. The smallest absolute Gasteiger partial charge is 0.267 e. The van der Waals surface area contributed by atoms with Gasteiger partial charge in [0.1, 0.15) is 23.0 Å². The molecule has 0 heterocycles. The molecule has 0 saturated heterocycles. The van der Waals surface area contributed by atoms with Crippen LogP contribution >= 0.6 is 0 Å². The number of aromatic hydroxyl groups is 2. The summed E-state index contributed by atoms with van der Waals surface area (Å²) >= 11 is 0. The van der Waals surface area contributed by atoms with E-state index in [-0.39, 0.29) is 22.3 Å². The molecule has 0 spiro atoms. The van der Waals surface area contributed by atoms with E-state index in [1.165, 1.54) is 0 Å². The summed E-state index contributed by atoms with van der Waals surface area (Å²) in [5, 5.41) is 19.4. The van der Waals surface area contributed by atoms with Gasteiger partial charge in [0.2, 0.25) is 0 Å². The van der Waals surface area contributed by atoms with Crippen LogP contribution in [0.15, 0.2) is 127 Å². The standard InChI is InChI=1S/C37H36O4/c1-36(2,27-10-18-31(38)19-11-27)29-14-22-33(23-15-29)40-35(26-8-6-5-7-9-26)41-34-24-16-30(17-25-34)37(3,4)28-12-20-32(39)21-13-28/h5-25,35,38-39H,1-4H3. The molecular weight excluding hydrogens is 508 g/mol. The molecule has 5 aromatic carbocycles. The van der Waals surface area contributed by atoms with Gasteiger partial charge in [0.15, 0.2) is 0 Å². The van der Waals surface area contributed by atoms with E-state index in [9.17, 15) is 10.2 Å². The third-order valence-corrected chi connectivity index (χ3v) is 7.89.